The molecule has 6 nitrogen and oxygen atoms in total. The highest BCUT2D eigenvalue weighted by Gasteiger charge is 2.36. The lowest BCUT2D eigenvalue weighted by molar-refractivity contribution is -0.122. The monoisotopic (exact) mass is 506 g/mol. The Hall–Kier alpha value is -3.97. The van der Waals surface area contributed by atoms with E-state index < -0.39 is 17.8 Å². The zero-order valence-electron chi connectivity index (χ0n) is 19.8. The minimum Gasteiger partial charge on any atom is -0.494 e. The average molecular weight is 507 g/mol. The van der Waals surface area contributed by atoms with E-state index in [2.05, 4.69) is 5.32 Å². The summed E-state index contributed by atoms with van der Waals surface area (Å²) in [6.07, 6.45) is 2.51. The third-order valence-corrected chi connectivity index (χ3v) is 6.10. The van der Waals surface area contributed by atoms with Crippen LogP contribution >= 0.6 is 11.6 Å². The molecule has 3 aromatic carbocycles. The lowest BCUT2D eigenvalue weighted by Gasteiger charge is -2.26. The molecule has 3 aromatic rings. The number of amides is 4. The standard InChI is InChI=1S/C28H24ClFN2O4/c1-3-17-8-10-21(11-9-17)32-27(34)23(26(33)31-28(32)35)14-19-15-24(29)22(25(16-19)36-4-2)13-18-6-5-7-20(30)12-18/h5-12,14-16H,3-4,13H2,1-2H3,(H,31,33,35)/b23-14+. The highest BCUT2D eigenvalue weighted by molar-refractivity contribution is 6.39. The normalized spacial score (nSPS) is 14.8. The predicted octanol–water partition coefficient (Wildman–Crippen LogP) is 5.70. The molecule has 184 valence electrons. The molecule has 0 aliphatic carbocycles. The van der Waals surface area contributed by atoms with Crippen LogP contribution in [0.1, 0.15) is 36.1 Å². The molecule has 0 atom stereocenters. The van der Waals surface area contributed by atoms with Gasteiger partial charge in [-0.05, 0) is 72.5 Å². The van der Waals surface area contributed by atoms with Gasteiger partial charge in [0, 0.05) is 17.0 Å². The van der Waals surface area contributed by atoms with E-state index in [1.54, 1.807) is 36.4 Å². The van der Waals surface area contributed by atoms with E-state index in [0.29, 0.717) is 46.2 Å². The van der Waals surface area contributed by atoms with Crippen LogP contribution < -0.4 is 15.0 Å². The molecule has 0 bridgehead atoms. The van der Waals surface area contributed by atoms with Gasteiger partial charge in [-0.15, -0.1) is 0 Å². The van der Waals surface area contributed by atoms with Gasteiger partial charge in [0.15, 0.2) is 0 Å². The van der Waals surface area contributed by atoms with E-state index in [-0.39, 0.29) is 11.4 Å². The molecule has 1 aliphatic rings. The summed E-state index contributed by atoms with van der Waals surface area (Å²) < 4.78 is 19.4. The molecule has 4 amide bonds. The maximum Gasteiger partial charge on any atom is 0.335 e. The molecular weight excluding hydrogens is 483 g/mol. The van der Waals surface area contributed by atoms with Gasteiger partial charge in [0.1, 0.15) is 17.1 Å². The Labute approximate surface area is 213 Å². The zero-order valence-corrected chi connectivity index (χ0v) is 20.6. The van der Waals surface area contributed by atoms with E-state index in [9.17, 15) is 18.8 Å². The summed E-state index contributed by atoms with van der Waals surface area (Å²) in [7, 11) is 0. The summed E-state index contributed by atoms with van der Waals surface area (Å²) in [6.45, 7) is 4.16. The molecule has 8 heteroatoms. The number of imide groups is 2. The van der Waals surface area contributed by atoms with Gasteiger partial charge in [0.25, 0.3) is 11.8 Å². The molecule has 1 fully saturated rings. The quantitative estimate of drug-likeness (QED) is 0.329. The number of benzene rings is 3. The van der Waals surface area contributed by atoms with Crippen molar-refractivity contribution in [1.82, 2.24) is 5.32 Å². The van der Waals surface area contributed by atoms with Crippen molar-refractivity contribution in [2.75, 3.05) is 11.5 Å². The second kappa shape index (κ2) is 10.7. The van der Waals surface area contributed by atoms with Gasteiger partial charge >= 0.3 is 6.03 Å². The molecule has 1 saturated heterocycles. The van der Waals surface area contributed by atoms with Gasteiger partial charge in [0.2, 0.25) is 0 Å². The summed E-state index contributed by atoms with van der Waals surface area (Å²) >= 11 is 6.57. The fourth-order valence-corrected chi connectivity index (χ4v) is 4.25. The van der Waals surface area contributed by atoms with E-state index in [1.165, 1.54) is 18.2 Å². The van der Waals surface area contributed by atoms with Crippen molar-refractivity contribution in [2.24, 2.45) is 0 Å². The smallest absolute Gasteiger partial charge is 0.335 e. The maximum absolute atomic E-state index is 13.7. The Bertz CT molecular complexity index is 1370. The molecule has 0 aromatic heterocycles. The number of barbiturate groups is 1. The first-order chi connectivity index (χ1) is 17.3. The lowest BCUT2D eigenvalue weighted by Crippen LogP contribution is -2.54. The van der Waals surface area contributed by atoms with Crippen molar-refractivity contribution in [1.29, 1.82) is 0 Å². The highest BCUT2D eigenvalue weighted by atomic mass is 35.5. The molecule has 1 heterocycles. The highest BCUT2D eigenvalue weighted by Crippen LogP contribution is 2.33. The van der Waals surface area contributed by atoms with Crippen LogP contribution in [0.5, 0.6) is 5.75 Å². The van der Waals surface area contributed by atoms with Crippen LogP contribution in [-0.2, 0) is 22.4 Å². The molecule has 1 N–H and O–H groups in total. The van der Waals surface area contributed by atoms with Crippen molar-refractivity contribution in [3.8, 4) is 5.75 Å². The minimum atomic E-state index is -0.815. The number of anilines is 1. The number of ether oxygens (including phenoxy) is 1. The summed E-state index contributed by atoms with van der Waals surface area (Å²) in [5.41, 5.74) is 3.00. The van der Waals surface area contributed by atoms with E-state index in [4.69, 9.17) is 16.3 Å². The Kier molecular flexibility index (Phi) is 7.50. The number of nitrogens with zero attached hydrogens (tertiary/aromatic N) is 1. The number of carbonyl (C=O) groups is 3. The molecular formula is C28H24ClFN2O4. The van der Waals surface area contributed by atoms with Crippen LogP contribution in [0.25, 0.3) is 6.08 Å². The number of urea groups is 1. The average Bonchev–Trinajstić information content (AvgIpc) is 2.84. The first-order valence-electron chi connectivity index (χ1n) is 11.5. The van der Waals surface area contributed by atoms with E-state index >= 15 is 0 Å². The van der Waals surface area contributed by atoms with Crippen LogP contribution in [0.3, 0.4) is 0 Å². The van der Waals surface area contributed by atoms with Crippen molar-refractivity contribution < 1.29 is 23.5 Å². The molecule has 4 rings (SSSR count). The van der Waals surface area contributed by atoms with Crippen LogP contribution in [0.15, 0.2) is 66.2 Å². The Morgan fingerprint density at radius 2 is 1.75 bits per heavy atom. The van der Waals surface area contributed by atoms with E-state index in [0.717, 1.165) is 16.9 Å². The Balaban J connectivity index is 1.70. The fraction of sp³-hybridized carbons (Fsp3) is 0.179. The van der Waals surface area contributed by atoms with Crippen LogP contribution in [0.4, 0.5) is 14.9 Å². The van der Waals surface area contributed by atoms with E-state index in [1.807, 2.05) is 26.0 Å². The van der Waals surface area contributed by atoms with Gasteiger partial charge in [-0.3, -0.25) is 14.9 Å². The molecule has 0 spiro atoms. The third kappa shape index (κ3) is 5.31. The largest absolute Gasteiger partial charge is 0.494 e. The number of hydrogen-bond acceptors (Lipinski definition) is 4. The summed E-state index contributed by atoms with van der Waals surface area (Å²) in [5, 5.41) is 2.56. The number of hydrogen-bond donors (Lipinski definition) is 1. The number of carbonyl (C=O) groups excluding carboxylic acids is 3. The second-order valence-corrected chi connectivity index (χ2v) is 8.60. The minimum absolute atomic E-state index is 0.217. The topological polar surface area (TPSA) is 75.7 Å². The molecule has 1 aliphatic heterocycles. The van der Waals surface area contributed by atoms with Crippen molar-refractivity contribution in [2.45, 2.75) is 26.7 Å². The molecule has 0 radical (unpaired) electrons. The van der Waals surface area contributed by atoms with Gasteiger partial charge in [-0.25, -0.2) is 14.1 Å². The van der Waals surface area contributed by atoms with Crippen molar-refractivity contribution in [3.05, 3.63) is 99.3 Å². The summed E-state index contributed by atoms with van der Waals surface area (Å²) in [4.78, 5) is 39.2. The molecule has 36 heavy (non-hydrogen) atoms. The Morgan fingerprint density at radius 1 is 1.00 bits per heavy atom. The lowest BCUT2D eigenvalue weighted by atomic mass is 10.00. The first kappa shape index (κ1) is 25.1. The summed E-state index contributed by atoms with van der Waals surface area (Å²) in [6, 6.07) is 15.6. The third-order valence-electron chi connectivity index (χ3n) is 5.76. The summed E-state index contributed by atoms with van der Waals surface area (Å²) in [5.74, 6) is -1.45. The van der Waals surface area contributed by atoms with Crippen LogP contribution in [0, 0.1) is 5.82 Å². The number of rotatable bonds is 7. The van der Waals surface area contributed by atoms with Crippen LogP contribution in [0.2, 0.25) is 5.02 Å². The SMILES string of the molecule is CCOc1cc(/C=C2\C(=O)NC(=O)N(c3ccc(CC)cc3)C2=O)cc(Cl)c1Cc1cccc(F)c1. The van der Waals surface area contributed by atoms with Gasteiger partial charge in [-0.2, -0.15) is 0 Å². The number of aryl methyl sites for hydroxylation is 1. The Morgan fingerprint density at radius 3 is 2.42 bits per heavy atom. The molecule has 0 saturated carbocycles. The van der Waals surface area contributed by atoms with Crippen LogP contribution in [-0.4, -0.2) is 24.5 Å². The van der Waals surface area contributed by atoms with Crippen molar-refractivity contribution in [3.63, 3.8) is 0 Å². The zero-order chi connectivity index (χ0) is 25.8. The number of halogens is 2. The molecule has 0 unspecified atom stereocenters. The number of nitrogens with one attached hydrogen (secondary N) is 1. The van der Waals surface area contributed by atoms with Gasteiger partial charge in [0.05, 0.1) is 12.3 Å². The fourth-order valence-electron chi connectivity index (χ4n) is 3.96. The van der Waals surface area contributed by atoms with Gasteiger partial charge in [-0.1, -0.05) is 42.8 Å². The predicted molar refractivity (Wildman–Crippen MR) is 137 cm³/mol. The van der Waals surface area contributed by atoms with Crippen molar-refractivity contribution >= 4 is 41.2 Å². The second-order valence-electron chi connectivity index (χ2n) is 8.20. The maximum atomic E-state index is 13.7. The van der Waals surface area contributed by atoms with Gasteiger partial charge < -0.3 is 4.74 Å². The first-order valence-corrected chi connectivity index (χ1v) is 11.9.